The predicted molar refractivity (Wildman–Crippen MR) is 123 cm³/mol. The first kappa shape index (κ1) is 21.0. The molecule has 0 radical (unpaired) electrons. The third-order valence-corrected chi connectivity index (χ3v) is 6.46. The molecule has 5 nitrogen and oxygen atoms in total. The lowest BCUT2D eigenvalue weighted by molar-refractivity contribution is 0.0704. The summed E-state index contributed by atoms with van der Waals surface area (Å²) in [4.78, 5) is 25.1. The van der Waals surface area contributed by atoms with Gasteiger partial charge in [-0.1, -0.05) is 36.4 Å². The summed E-state index contributed by atoms with van der Waals surface area (Å²) in [6.45, 7) is 7.23. The van der Waals surface area contributed by atoms with Crippen LogP contribution in [0.1, 0.15) is 36.2 Å². The molecule has 0 N–H and O–H groups in total. The summed E-state index contributed by atoms with van der Waals surface area (Å²) < 4.78 is 0. The molecule has 1 atom stereocenters. The molecule has 1 saturated heterocycles. The molecule has 5 heteroatoms. The first-order valence-corrected chi connectivity index (χ1v) is 11.4. The minimum absolute atomic E-state index is 0.0775. The first-order chi connectivity index (χ1) is 14.7. The number of pyridine rings is 1. The van der Waals surface area contributed by atoms with Crippen LogP contribution in [0.2, 0.25) is 0 Å². The van der Waals surface area contributed by atoms with Crippen LogP contribution >= 0.6 is 0 Å². The Labute approximate surface area is 180 Å². The van der Waals surface area contributed by atoms with Crippen molar-refractivity contribution in [1.29, 1.82) is 0 Å². The molecule has 1 aromatic carbocycles. The van der Waals surface area contributed by atoms with Crippen molar-refractivity contribution in [1.82, 2.24) is 19.7 Å². The van der Waals surface area contributed by atoms with E-state index in [1.807, 2.05) is 36.4 Å². The van der Waals surface area contributed by atoms with Gasteiger partial charge in [-0.3, -0.25) is 4.79 Å². The van der Waals surface area contributed by atoms with E-state index in [4.69, 9.17) is 0 Å². The van der Waals surface area contributed by atoms with E-state index in [0.29, 0.717) is 11.6 Å². The van der Waals surface area contributed by atoms with Gasteiger partial charge < -0.3 is 14.7 Å². The Morgan fingerprint density at radius 2 is 1.93 bits per heavy atom. The molecule has 1 aromatic heterocycles. The van der Waals surface area contributed by atoms with Crippen molar-refractivity contribution in [3.8, 4) is 0 Å². The normalized spacial score (nSPS) is 20.5. The summed E-state index contributed by atoms with van der Waals surface area (Å²) in [5, 5.41) is 1.08. The number of carbonyl (C=O) groups is 1. The molecule has 1 aliphatic carbocycles. The lowest BCUT2D eigenvalue weighted by Crippen LogP contribution is -2.45. The van der Waals surface area contributed by atoms with Crippen molar-refractivity contribution in [3.63, 3.8) is 0 Å². The Balaban J connectivity index is 1.42. The van der Waals surface area contributed by atoms with E-state index in [0.717, 1.165) is 76.0 Å². The van der Waals surface area contributed by atoms with E-state index >= 15 is 0 Å². The Bertz CT molecular complexity index is 872. The summed E-state index contributed by atoms with van der Waals surface area (Å²) in [6.07, 6.45) is 8.93. The number of benzene rings is 1. The van der Waals surface area contributed by atoms with Crippen molar-refractivity contribution < 1.29 is 4.79 Å². The van der Waals surface area contributed by atoms with E-state index in [1.165, 1.54) is 6.42 Å². The van der Waals surface area contributed by atoms with Crippen LogP contribution < -0.4 is 0 Å². The number of hydrogen-bond acceptors (Lipinski definition) is 4. The minimum atomic E-state index is 0.0775. The molecule has 30 heavy (non-hydrogen) atoms. The summed E-state index contributed by atoms with van der Waals surface area (Å²) >= 11 is 0. The number of allylic oxidation sites excluding steroid dienone is 2. The van der Waals surface area contributed by atoms with Crippen LogP contribution in [0.5, 0.6) is 0 Å². The molecular formula is C25H34N4O. The average molecular weight is 407 g/mol. The van der Waals surface area contributed by atoms with Crippen LogP contribution in [0.25, 0.3) is 10.9 Å². The number of piperazine rings is 1. The van der Waals surface area contributed by atoms with E-state index in [1.54, 1.807) is 0 Å². The number of fused-ring (bicyclic) bond motifs is 1. The number of amides is 1. The molecule has 2 aliphatic rings. The fraction of sp³-hybridized carbons (Fsp3) is 0.520. The van der Waals surface area contributed by atoms with Crippen LogP contribution in [0.15, 0.2) is 48.6 Å². The highest BCUT2D eigenvalue weighted by Gasteiger charge is 2.22. The zero-order valence-electron chi connectivity index (χ0n) is 18.2. The third kappa shape index (κ3) is 5.46. The molecule has 160 valence electrons. The number of hydrogen-bond donors (Lipinski definition) is 0. The topological polar surface area (TPSA) is 39.7 Å². The minimum Gasteiger partial charge on any atom is -0.337 e. The highest BCUT2D eigenvalue weighted by Crippen LogP contribution is 2.21. The Hall–Kier alpha value is -2.24. The second-order valence-electron chi connectivity index (χ2n) is 8.79. The molecule has 0 saturated carbocycles. The van der Waals surface area contributed by atoms with Crippen LogP contribution in [0.4, 0.5) is 0 Å². The van der Waals surface area contributed by atoms with Crippen LogP contribution in [0, 0.1) is 5.92 Å². The summed E-state index contributed by atoms with van der Waals surface area (Å²) in [5.74, 6) is 0.636. The Morgan fingerprint density at radius 1 is 1.10 bits per heavy atom. The van der Waals surface area contributed by atoms with Crippen molar-refractivity contribution in [2.24, 2.45) is 5.92 Å². The van der Waals surface area contributed by atoms with Gasteiger partial charge in [-0.25, -0.2) is 4.98 Å². The number of likely N-dealkylation sites (N-methyl/N-ethyl adjacent to an activating group) is 1. The fourth-order valence-corrected chi connectivity index (χ4v) is 4.51. The van der Waals surface area contributed by atoms with Gasteiger partial charge in [-0.05, 0) is 57.3 Å². The zero-order chi connectivity index (χ0) is 20.8. The average Bonchev–Trinajstić information content (AvgIpc) is 2.79. The lowest BCUT2D eigenvalue weighted by atomic mass is 9.93. The molecule has 0 spiro atoms. The van der Waals surface area contributed by atoms with Crippen LogP contribution in [-0.4, -0.2) is 78.5 Å². The van der Waals surface area contributed by atoms with Gasteiger partial charge in [0.05, 0.1) is 5.52 Å². The van der Waals surface area contributed by atoms with E-state index < -0.39 is 0 Å². The van der Waals surface area contributed by atoms with Gasteiger partial charge >= 0.3 is 0 Å². The third-order valence-electron chi connectivity index (χ3n) is 6.46. The maximum atomic E-state index is 13.4. The summed E-state index contributed by atoms with van der Waals surface area (Å²) in [5.41, 5.74) is 1.46. The van der Waals surface area contributed by atoms with Gasteiger partial charge in [0.1, 0.15) is 5.69 Å². The number of para-hydroxylation sites is 1. The van der Waals surface area contributed by atoms with E-state index in [2.05, 4.69) is 38.9 Å². The van der Waals surface area contributed by atoms with Crippen LogP contribution in [-0.2, 0) is 0 Å². The maximum Gasteiger partial charge on any atom is 0.272 e. The van der Waals surface area contributed by atoms with Gasteiger partial charge in [0.15, 0.2) is 0 Å². The van der Waals surface area contributed by atoms with Gasteiger partial charge in [0.25, 0.3) is 5.91 Å². The highest BCUT2D eigenvalue weighted by molar-refractivity contribution is 5.94. The number of rotatable bonds is 7. The van der Waals surface area contributed by atoms with Gasteiger partial charge in [-0.15, -0.1) is 0 Å². The van der Waals surface area contributed by atoms with E-state index in [-0.39, 0.29) is 5.91 Å². The molecule has 2 heterocycles. The second-order valence-corrected chi connectivity index (χ2v) is 8.79. The largest absolute Gasteiger partial charge is 0.337 e. The number of nitrogens with zero attached hydrogens (tertiary/aromatic N) is 4. The number of carbonyl (C=O) groups excluding carboxylic acids is 1. The summed E-state index contributed by atoms with van der Waals surface area (Å²) in [6, 6.07) is 11.9. The molecule has 1 fully saturated rings. The van der Waals surface area contributed by atoms with Crippen molar-refractivity contribution in [2.75, 3.05) is 52.9 Å². The molecular weight excluding hydrogens is 372 g/mol. The lowest BCUT2D eigenvalue weighted by Gasteiger charge is -2.33. The van der Waals surface area contributed by atoms with Gasteiger partial charge in [0.2, 0.25) is 0 Å². The molecule has 1 amide bonds. The van der Waals surface area contributed by atoms with Crippen LogP contribution in [0.3, 0.4) is 0 Å². The highest BCUT2D eigenvalue weighted by atomic mass is 16.2. The SMILES string of the molecule is CN1CCN(CCCN(CC2CC=CCC2)C(=O)c2ccc3ccccc3n2)CC1. The Morgan fingerprint density at radius 3 is 2.73 bits per heavy atom. The smallest absolute Gasteiger partial charge is 0.272 e. The monoisotopic (exact) mass is 406 g/mol. The fourth-order valence-electron chi connectivity index (χ4n) is 4.51. The molecule has 2 aromatic rings. The summed E-state index contributed by atoms with van der Waals surface area (Å²) in [7, 11) is 2.19. The molecule has 1 unspecified atom stereocenters. The predicted octanol–water partition coefficient (Wildman–Crippen LogP) is 3.67. The van der Waals surface area contributed by atoms with Gasteiger partial charge in [-0.2, -0.15) is 0 Å². The van der Waals surface area contributed by atoms with Crippen molar-refractivity contribution in [3.05, 3.63) is 54.2 Å². The quantitative estimate of drug-likeness (QED) is 0.658. The van der Waals surface area contributed by atoms with Crippen molar-refractivity contribution in [2.45, 2.75) is 25.7 Å². The standard InChI is InChI=1S/C25H34N4O/c1-27-16-18-28(19-17-27)14-7-15-29(20-21-8-3-2-4-9-21)25(30)24-13-12-22-10-5-6-11-23(22)26-24/h2-3,5-6,10-13,21H,4,7-9,14-20H2,1H3. The maximum absolute atomic E-state index is 13.4. The second kappa shape index (κ2) is 10.2. The zero-order valence-corrected chi connectivity index (χ0v) is 18.2. The van der Waals surface area contributed by atoms with E-state index in [9.17, 15) is 4.79 Å². The Kier molecular flexibility index (Phi) is 7.13. The van der Waals surface area contributed by atoms with Gasteiger partial charge in [0, 0.05) is 44.7 Å². The first-order valence-electron chi connectivity index (χ1n) is 11.4. The van der Waals surface area contributed by atoms with Crippen molar-refractivity contribution >= 4 is 16.8 Å². The molecule has 1 aliphatic heterocycles. The molecule has 4 rings (SSSR count). The number of aromatic nitrogens is 1. The molecule has 0 bridgehead atoms.